The molecule has 0 aliphatic carbocycles. The maximum absolute atomic E-state index is 11.4. The molecule has 0 saturated heterocycles. The van der Waals surface area contributed by atoms with Crippen LogP contribution in [-0.2, 0) is 4.74 Å². The van der Waals surface area contributed by atoms with E-state index in [1.165, 1.54) is 0 Å². The molecular weight excluding hydrogens is 238 g/mol. The molecule has 1 aromatic heterocycles. The van der Waals surface area contributed by atoms with Crippen LogP contribution in [0.5, 0.6) is 0 Å². The molecule has 1 atom stereocenters. The lowest BCUT2D eigenvalue weighted by Crippen LogP contribution is -2.40. The fourth-order valence-corrected chi connectivity index (χ4v) is 1.76. The summed E-state index contributed by atoms with van der Waals surface area (Å²) >= 11 is 3.25. The fraction of sp³-hybridized carbons (Fsp3) is 0.429. The minimum atomic E-state index is -0.209. The summed E-state index contributed by atoms with van der Waals surface area (Å²) in [6, 6.07) is 0. The Morgan fingerprint density at radius 3 is 3.31 bits per heavy atom. The summed E-state index contributed by atoms with van der Waals surface area (Å²) in [5.41, 5.74) is 0.512. The van der Waals surface area contributed by atoms with Crippen LogP contribution >= 0.6 is 15.9 Å². The molecule has 6 heteroatoms. The highest BCUT2D eigenvalue weighted by molar-refractivity contribution is 9.10. The molecule has 5 nitrogen and oxygen atoms in total. The van der Waals surface area contributed by atoms with Crippen molar-refractivity contribution >= 4 is 21.8 Å². The predicted octanol–water partition coefficient (Wildman–Crippen LogP) is 0.534. The van der Waals surface area contributed by atoms with E-state index in [0.717, 1.165) is 0 Å². The highest BCUT2D eigenvalue weighted by Crippen LogP contribution is 2.22. The number of methoxy groups -OCH3 is 1. The zero-order chi connectivity index (χ0) is 9.42. The van der Waals surface area contributed by atoms with Crippen LogP contribution in [0, 0.1) is 0 Å². The molecule has 0 bridgehead atoms. The molecule has 0 aromatic carbocycles. The minimum absolute atomic E-state index is 0.127. The third-order valence-corrected chi connectivity index (χ3v) is 2.53. The summed E-state index contributed by atoms with van der Waals surface area (Å²) < 4.78 is 7.40. The van der Waals surface area contributed by atoms with Gasteiger partial charge >= 0.3 is 0 Å². The Hall–Kier alpha value is -0.880. The molecule has 13 heavy (non-hydrogen) atoms. The van der Waals surface area contributed by atoms with Crippen molar-refractivity contribution < 1.29 is 9.53 Å². The van der Waals surface area contributed by atoms with Gasteiger partial charge in [0.05, 0.1) is 17.2 Å². The van der Waals surface area contributed by atoms with Gasteiger partial charge in [-0.05, 0) is 15.9 Å². The Morgan fingerprint density at radius 2 is 2.62 bits per heavy atom. The number of aromatic nitrogens is 2. The lowest BCUT2D eigenvalue weighted by Gasteiger charge is -2.23. The van der Waals surface area contributed by atoms with Crippen LogP contribution in [0.4, 0.5) is 0 Å². The Balaban J connectivity index is 2.50. The summed E-state index contributed by atoms with van der Waals surface area (Å²) in [5, 5.41) is 6.75. The van der Waals surface area contributed by atoms with Gasteiger partial charge in [0, 0.05) is 7.11 Å². The molecule has 0 spiro atoms. The van der Waals surface area contributed by atoms with Crippen LogP contribution in [0.1, 0.15) is 16.7 Å². The molecule has 2 heterocycles. The lowest BCUT2D eigenvalue weighted by atomic mass is 10.3. The number of halogens is 1. The topological polar surface area (TPSA) is 56.1 Å². The molecule has 1 aliphatic rings. The van der Waals surface area contributed by atoms with E-state index in [1.807, 2.05) is 0 Å². The first-order valence-corrected chi connectivity index (χ1v) is 4.57. The molecule has 1 aromatic rings. The summed E-state index contributed by atoms with van der Waals surface area (Å²) in [5.74, 6) is -0.127. The van der Waals surface area contributed by atoms with Gasteiger partial charge in [0.1, 0.15) is 5.69 Å². The first kappa shape index (κ1) is 8.71. The van der Waals surface area contributed by atoms with Gasteiger partial charge in [-0.3, -0.25) is 4.79 Å². The summed E-state index contributed by atoms with van der Waals surface area (Å²) in [4.78, 5) is 11.4. The Bertz CT molecular complexity index is 350. The van der Waals surface area contributed by atoms with Gasteiger partial charge in [-0.2, -0.15) is 5.10 Å². The van der Waals surface area contributed by atoms with Crippen molar-refractivity contribution in [3.8, 4) is 0 Å². The van der Waals surface area contributed by atoms with Gasteiger partial charge in [-0.1, -0.05) is 0 Å². The summed E-state index contributed by atoms with van der Waals surface area (Å²) in [7, 11) is 1.58. The number of hydrogen-bond acceptors (Lipinski definition) is 3. The molecule has 0 saturated carbocycles. The first-order valence-electron chi connectivity index (χ1n) is 3.78. The minimum Gasteiger partial charge on any atom is -0.358 e. The van der Waals surface area contributed by atoms with Crippen LogP contribution in [0.3, 0.4) is 0 Å². The number of hydrogen-bond donors (Lipinski definition) is 1. The third kappa shape index (κ3) is 1.26. The van der Waals surface area contributed by atoms with Gasteiger partial charge in [0.2, 0.25) is 0 Å². The van der Waals surface area contributed by atoms with Gasteiger partial charge in [-0.25, -0.2) is 4.68 Å². The van der Waals surface area contributed by atoms with E-state index < -0.39 is 0 Å². The van der Waals surface area contributed by atoms with Crippen molar-refractivity contribution in [2.45, 2.75) is 6.23 Å². The maximum atomic E-state index is 11.4. The number of rotatable bonds is 1. The number of fused-ring (bicyclic) bond motifs is 1. The SMILES string of the molecule is COC1CNC(=O)c2c(Br)cnn21. The highest BCUT2D eigenvalue weighted by Gasteiger charge is 2.27. The van der Waals surface area contributed by atoms with Crippen molar-refractivity contribution in [2.75, 3.05) is 13.7 Å². The van der Waals surface area contributed by atoms with Crippen LogP contribution in [0.2, 0.25) is 0 Å². The van der Waals surface area contributed by atoms with Gasteiger partial charge < -0.3 is 10.1 Å². The average molecular weight is 246 g/mol. The second-order valence-corrected chi connectivity index (χ2v) is 3.54. The van der Waals surface area contributed by atoms with Crippen molar-refractivity contribution in [2.24, 2.45) is 0 Å². The maximum Gasteiger partial charge on any atom is 0.271 e. The molecule has 1 N–H and O–H groups in total. The quantitative estimate of drug-likeness (QED) is 0.786. The standard InChI is InChI=1S/C7H8BrN3O2/c1-13-5-3-9-7(12)6-4(8)2-10-11(5)6/h2,5H,3H2,1H3,(H,9,12). The first-order chi connectivity index (χ1) is 6.24. The smallest absolute Gasteiger partial charge is 0.271 e. The normalized spacial score (nSPS) is 21.1. The monoisotopic (exact) mass is 245 g/mol. The van der Waals surface area contributed by atoms with Crippen molar-refractivity contribution in [3.05, 3.63) is 16.4 Å². The van der Waals surface area contributed by atoms with Gasteiger partial charge in [0.15, 0.2) is 6.23 Å². The van der Waals surface area contributed by atoms with Crippen LogP contribution in [0.25, 0.3) is 0 Å². The fourth-order valence-electron chi connectivity index (χ4n) is 1.31. The molecular formula is C7H8BrN3O2. The second kappa shape index (κ2) is 3.12. The second-order valence-electron chi connectivity index (χ2n) is 2.69. The molecule has 0 fully saturated rings. The summed E-state index contributed by atoms with van der Waals surface area (Å²) in [6.45, 7) is 0.455. The van der Waals surface area contributed by atoms with E-state index in [1.54, 1.807) is 18.0 Å². The van der Waals surface area contributed by atoms with Crippen LogP contribution < -0.4 is 5.32 Å². The van der Waals surface area contributed by atoms with E-state index in [-0.39, 0.29) is 12.1 Å². The average Bonchev–Trinajstić information content (AvgIpc) is 2.50. The number of amides is 1. The highest BCUT2D eigenvalue weighted by atomic mass is 79.9. The van der Waals surface area contributed by atoms with Crippen molar-refractivity contribution in [1.29, 1.82) is 0 Å². The third-order valence-electron chi connectivity index (χ3n) is 1.95. The molecule has 1 amide bonds. The zero-order valence-electron chi connectivity index (χ0n) is 6.95. The Labute approximate surface area is 83.2 Å². The van der Waals surface area contributed by atoms with E-state index in [4.69, 9.17) is 4.74 Å². The van der Waals surface area contributed by atoms with Crippen LogP contribution in [0.15, 0.2) is 10.7 Å². The Kier molecular flexibility index (Phi) is 2.09. The predicted molar refractivity (Wildman–Crippen MR) is 48.3 cm³/mol. The number of nitrogens with zero attached hydrogens (tertiary/aromatic N) is 2. The van der Waals surface area contributed by atoms with Gasteiger partial charge in [-0.15, -0.1) is 0 Å². The largest absolute Gasteiger partial charge is 0.358 e. The van der Waals surface area contributed by atoms with E-state index >= 15 is 0 Å². The van der Waals surface area contributed by atoms with Crippen LogP contribution in [-0.4, -0.2) is 29.3 Å². The molecule has 0 radical (unpaired) electrons. The lowest BCUT2D eigenvalue weighted by molar-refractivity contribution is 0.0222. The number of ether oxygens (including phenoxy) is 1. The van der Waals surface area contributed by atoms with E-state index in [9.17, 15) is 4.79 Å². The van der Waals surface area contributed by atoms with Crippen molar-refractivity contribution in [1.82, 2.24) is 15.1 Å². The molecule has 1 unspecified atom stereocenters. The molecule has 70 valence electrons. The van der Waals surface area contributed by atoms with E-state index in [2.05, 4.69) is 26.3 Å². The molecule has 1 aliphatic heterocycles. The number of carbonyl (C=O) groups excluding carboxylic acids is 1. The molecule has 2 rings (SSSR count). The van der Waals surface area contributed by atoms with Gasteiger partial charge in [0.25, 0.3) is 5.91 Å². The van der Waals surface area contributed by atoms with Crippen molar-refractivity contribution in [3.63, 3.8) is 0 Å². The zero-order valence-corrected chi connectivity index (χ0v) is 8.54. The summed E-state index contributed by atoms with van der Waals surface area (Å²) in [6.07, 6.45) is 1.38. The number of nitrogens with one attached hydrogen (secondary N) is 1. The van der Waals surface area contributed by atoms with E-state index in [0.29, 0.717) is 16.7 Å². The number of carbonyl (C=O) groups is 1. The Morgan fingerprint density at radius 1 is 1.85 bits per heavy atom.